The van der Waals surface area contributed by atoms with Crippen LogP contribution >= 0.6 is 35.0 Å². The van der Waals surface area contributed by atoms with E-state index in [9.17, 15) is 5.26 Å². The van der Waals surface area contributed by atoms with Crippen LogP contribution in [0.4, 0.5) is 0 Å². The fourth-order valence-corrected chi connectivity index (χ4v) is 4.88. The number of nitrogens with zero attached hydrogens (tertiary/aromatic N) is 3. The Morgan fingerprint density at radius 2 is 1.87 bits per heavy atom. The third-order valence-electron chi connectivity index (χ3n) is 5.02. The van der Waals surface area contributed by atoms with E-state index in [1.807, 2.05) is 37.4 Å². The van der Waals surface area contributed by atoms with E-state index in [1.54, 1.807) is 32.5 Å². The van der Waals surface area contributed by atoms with Crippen molar-refractivity contribution < 1.29 is 9.47 Å². The first-order chi connectivity index (χ1) is 15.0. The van der Waals surface area contributed by atoms with Crippen LogP contribution in [-0.4, -0.2) is 30.1 Å². The summed E-state index contributed by atoms with van der Waals surface area (Å²) in [7, 11) is 3.27. The van der Waals surface area contributed by atoms with Gasteiger partial charge in [0.1, 0.15) is 11.9 Å². The maximum absolute atomic E-state index is 9.64. The summed E-state index contributed by atoms with van der Waals surface area (Å²) in [5.74, 6) is 0.913. The van der Waals surface area contributed by atoms with Gasteiger partial charge in [0.15, 0.2) is 6.29 Å². The third kappa shape index (κ3) is 5.82. The Morgan fingerprint density at radius 1 is 1.10 bits per heavy atom. The molecule has 0 saturated heterocycles. The molecule has 1 atom stereocenters. The van der Waals surface area contributed by atoms with Gasteiger partial charge in [-0.05, 0) is 49.2 Å². The number of nitriles is 1. The number of ether oxygens (including phenoxy) is 2. The van der Waals surface area contributed by atoms with Gasteiger partial charge < -0.3 is 14.0 Å². The van der Waals surface area contributed by atoms with E-state index in [0.29, 0.717) is 22.0 Å². The first-order valence-corrected chi connectivity index (χ1v) is 11.3. The van der Waals surface area contributed by atoms with Crippen molar-refractivity contribution in [3.05, 3.63) is 75.8 Å². The molecule has 0 N–H and O–H groups in total. The average molecular weight is 476 g/mol. The molecule has 0 bridgehead atoms. The number of halogens is 2. The Bertz CT molecular complexity index is 1080. The zero-order valence-corrected chi connectivity index (χ0v) is 19.8. The molecule has 0 spiro atoms. The number of rotatable bonds is 9. The Kier molecular flexibility index (Phi) is 8.42. The number of aromatic nitrogens is 2. The molecule has 3 rings (SSSR count). The lowest BCUT2D eigenvalue weighted by molar-refractivity contribution is -0.108. The standard InChI is InChI=1S/C23H23Cl2N3O2S/c1-15-27-10-11-28(15)20(7-9-23(29-2)30-3)16-4-5-17(14-26)22(12-16)31-21-8-6-18(24)13-19(21)25/h4-6,8,10-13,20,23H,7,9H2,1-3H3. The zero-order chi connectivity index (χ0) is 22.4. The molecule has 5 nitrogen and oxygen atoms in total. The van der Waals surface area contributed by atoms with Gasteiger partial charge in [-0.2, -0.15) is 5.26 Å². The fraction of sp³-hybridized carbons (Fsp3) is 0.304. The molecule has 1 unspecified atom stereocenters. The Morgan fingerprint density at radius 3 is 2.48 bits per heavy atom. The second kappa shape index (κ2) is 11.0. The van der Waals surface area contributed by atoms with Gasteiger partial charge in [0, 0.05) is 47.8 Å². The molecule has 0 fully saturated rings. The molecule has 1 heterocycles. The van der Waals surface area contributed by atoms with E-state index in [4.69, 9.17) is 32.7 Å². The van der Waals surface area contributed by atoms with Gasteiger partial charge in [-0.3, -0.25) is 0 Å². The Balaban J connectivity index is 1.98. The molecule has 1 aromatic heterocycles. The van der Waals surface area contributed by atoms with Gasteiger partial charge in [0.2, 0.25) is 0 Å². The third-order valence-corrected chi connectivity index (χ3v) is 6.82. The fourth-order valence-electron chi connectivity index (χ4n) is 3.41. The first kappa shape index (κ1) is 23.6. The monoisotopic (exact) mass is 475 g/mol. The number of hydrogen-bond donors (Lipinski definition) is 0. The molecule has 3 aromatic rings. The highest BCUT2D eigenvalue weighted by atomic mass is 35.5. The Hall–Kier alpha value is -2.01. The van der Waals surface area contributed by atoms with Crippen molar-refractivity contribution in [2.75, 3.05) is 14.2 Å². The van der Waals surface area contributed by atoms with Gasteiger partial charge in [0.25, 0.3) is 0 Å². The molecule has 8 heteroatoms. The van der Waals surface area contributed by atoms with Crippen LogP contribution in [0, 0.1) is 18.3 Å². The van der Waals surface area contributed by atoms with E-state index in [0.717, 1.165) is 27.6 Å². The second-order valence-electron chi connectivity index (χ2n) is 6.92. The molecule has 2 aromatic carbocycles. The number of aryl methyl sites for hydroxylation is 1. The van der Waals surface area contributed by atoms with E-state index < -0.39 is 0 Å². The highest BCUT2D eigenvalue weighted by Crippen LogP contribution is 2.38. The summed E-state index contributed by atoms with van der Waals surface area (Å²) in [6.07, 6.45) is 4.96. The van der Waals surface area contributed by atoms with Crippen LogP contribution in [0.1, 0.15) is 35.8 Å². The normalized spacial score (nSPS) is 12.2. The van der Waals surface area contributed by atoms with Crippen LogP contribution in [0.15, 0.2) is 58.6 Å². The number of hydrogen-bond acceptors (Lipinski definition) is 5. The van der Waals surface area contributed by atoms with Crippen LogP contribution in [0.2, 0.25) is 10.0 Å². The molecule has 162 valence electrons. The highest BCUT2D eigenvalue weighted by molar-refractivity contribution is 7.99. The topological polar surface area (TPSA) is 60.1 Å². The predicted molar refractivity (Wildman–Crippen MR) is 124 cm³/mol. The molecule has 0 aliphatic rings. The lowest BCUT2D eigenvalue weighted by Crippen LogP contribution is -2.18. The summed E-state index contributed by atoms with van der Waals surface area (Å²) < 4.78 is 12.9. The summed E-state index contributed by atoms with van der Waals surface area (Å²) in [5.41, 5.74) is 1.66. The summed E-state index contributed by atoms with van der Waals surface area (Å²) in [6.45, 7) is 1.98. The highest BCUT2D eigenvalue weighted by Gasteiger charge is 2.20. The van der Waals surface area contributed by atoms with Crippen LogP contribution < -0.4 is 0 Å². The summed E-state index contributed by atoms with van der Waals surface area (Å²) in [4.78, 5) is 6.06. The van der Waals surface area contributed by atoms with Gasteiger partial charge >= 0.3 is 0 Å². The van der Waals surface area contributed by atoms with Crippen molar-refractivity contribution in [1.82, 2.24) is 9.55 Å². The molecule has 31 heavy (non-hydrogen) atoms. The minimum atomic E-state index is -0.286. The SMILES string of the molecule is COC(CCC(c1ccc(C#N)c(Sc2ccc(Cl)cc2Cl)c1)n1ccnc1C)OC. The molecule has 0 aliphatic heterocycles. The lowest BCUT2D eigenvalue weighted by atomic mass is 10.00. The van der Waals surface area contributed by atoms with Gasteiger partial charge in [-0.1, -0.05) is 41.0 Å². The molecule has 0 aliphatic carbocycles. The predicted octanol–water partition coefficient (Wildman–Crippen LogP) is 6.51. The van der Waals surface area contributed by atoms with Crippen molar-refractivity contribution in [3.63, 3.8) is 0 Å². The van der Waals surface area contributed by atoms with Gasteiger partial charge in [-0.25, -0.2) is 4.98 Å². The largest absolute Gasteiger partial charge is 0.356 e. The van der Waals surface area contributed by atoms with Gasteiger partial charge in [0.05, 0.1) is 16.6 Å². The van der Waals surface area contributed by atoms with E-state index >= 15 is 0 Å². The van der Waals surface area contributed by atoms with Crippen molar-refractivity contribution in [1.29, 1.82) is 5.26 Å². The van der Waals surface area contributed by atoms with E-state index in [2.05, 4.69) is 15.6 Å². The Labute approximate surface area is 196 Å². The maximum atomic E-state index is 9.64. The summed E-state index contributed by atoms with van der Waals surface area (Å²) in [5, 5.41) is 10.8. The van der Waals surface area contributed by atoms with E-state index in [-0.39, 0.29) is 12.3 Å². The van der Waals surface area contributed by atoms with Crippen LogP contribution in [0.5, 0.6) is 0 Å². The quantitative estimate of drug-likeness (QED) is 0.330. The zero-order valence-electron chi connectivity index (χ0n) is 17.5. The van der Waals surface area contributed by atoms with Crippen molar-refractivity contribution in [3.8, 4) is 6.07 Å². The van der Waals surface area contributed by atoms with Crippen molar-refractivity contribution >= 4 is 35.0 Å². The van der Waals surface area contributed by atoms with Crippen molar-refractivity contribution in [2.24, 2.45) is 0 Å². The molecule has 0 saturated carbocycles. The number of methoxy groups -OCH3 is 2. The van der Waals surface area contributed by atoms with Crippen molar-refractivity contribution in [2.45, 2.75) is 41.9 Å². The minimum Gasteiger partial charge on any atom is -0.356 e. The van der Waals surface area contributed by atoms with Crippen LogP contribution in [0.3, 0.4) is 0 Å². The number of imidazole rings is 1. The number of benzene rings is 2. The summed E-state index contributed by atoms with van der Waals surface area (Å²) >= 11 is 13.8. The molecule has 0 amide bonds. The summed E-state index contributed by atoms with van der Waals surface area (Å²) in [6, 6.07) is 13.5. The molecular formula is C23H23Cl2N3O2S. The maximum Gasteiger partial charge on any atom is 0.156 e. The van der Waals surface area contributed by atoms with Crippen LogP contribution in [0.25, 0.3) is 0 Å². The smallest absolute Gasteiger partial charge is 0.156 e. The average Bonchev–Trinajstić information content (AvgIpc) is 3.19. The second-order valence-corrected chi connectivity index (χ2v) is 8.85. The minimum absolute atomic E-state index is 0.0167. The molecule has 0 radical (unpaired) electrons. The van der Waals surface area contributed by atoms with Gasteiger partial charge in [-0.15, -0.1) is 0 Å². The van der Waals surface area contributed by atoms with Crippen LogP contribution in [-0.2, 0) is 9.47 Å². The lowest BCUT2D eigenvalue weighted by Gasteiger charge is -2.23. The first-order valence-electron chi connectivity index (χ1n) is 9.68. The molecular weight excluding hydrogens is 453 g/mol. The van der Waals surface area contributed by atoms with E-state index in [1.165, 1.54) is 11.8 Å².